The fraction of sp³-hybridized carbons (Fsp3) is 0.609. The van der Waals surface area contributed by atoms with E-state index in [9.17, 15) is 4.79 Å². The summed E-state index contributed by atoms with van der Waals surface area (Å²) in [5, 5.41) is 12.3. The van der Waals surface area contributed by atoms with Gasteiger partial charge in [-0.1, -0.05) is 43.5 Å². The van der Waals surface area contributed by atoms with Gasteiger partial charge in [0, 0.05) is 12.5 Å². The quantitative estimate of drug-likeness (QED) is 0.749. The van der Waals surface area contributed by atoms with E-state index >= 15 is 0 Å². The molecule has 4 rings (SSSR count). The molecule has 1 aliphatic heterocycles. The van der Waals surface area contributed by atoms with Gasteiger partial charge in [0.25, 0.3) is 5.91 Å². The minimum absolute atomic E-state index is 0.0419. The normalized spacial score (nSPS) is 25.7. The molecule has 0 bridgehead atoms. The van der Waals surface area contributed by atoms with Gasteiger partial charge in [-0.3, -0.25) is 4.79 Å². The summed E-state index contributed by atoms with van der Waals surface area (Å²) in [4.78, 5) is 12.8. The average Bonchev–Trinajstić information content (AvgIpc) is 3.59. The van der Waals surface area contributed by atoms with E-state index in [2.05, 4.69) is 5.32 Å². The van der Waals surface area contributed by atoms with Crippen molar-refractivity contribution in [2.24, 2.45) is 11.8 Å². The number of hydrogen-bond acceptors (Lipinski definition) is 4. The predicted molar refractivity (Wildman–Crippen MR) is 106 cm³/mol. The lowest BCUT2D eigenvalue weighted by molar-refractivity contribution is -0.154. The van der Waals surface area contributed by atoms with Crippen molar-refractivity contribution >= 4 is 5.91 Å². The van der Waals surface area contributed by atoms with Gasteiger partial charge < -0.3 is 19.9 Å². The molecule has 1 aromatic rings. The van der Waals surface area contributed by atoms with Crippen LogP contribution in [-0.4, -0.2) is 23.3 Å². The van der Waals surface area contributed by atoms with Gasteiger partial charge in [-0.05, 0) is 54.7 Å². The van der Waals surface area contributed by atoms with Crippen LogP contribution in [0.5, 0.6) is 0 Å². The number of aliphatic hydroxyl groups excluding tert-OH is 1. The van der Waals surface area contributed by atoms with Crippen LogP contribution in [0, 0.1) is 11.8 Å². The largest absolute Gasteiger partial charge is 0.459 e. The van der Waals surface area contributed by atoms with Gasteiger partial charge in [0.2, 0.25) is 6.29 Å². The van der Waals surface area contributed by atoms with Crippen molar-refractivity contribution < 1.29 is 19.4 Å². The molecule has 5 nitrogen and oxygen atoms in total. The van der Waals surface area contributed by atoms with Crippen LogP contribution in [0.4, 0.5) is 0 Å². The molecule has 0 saturated heterocycles. The molecule has 2 N–H and O–H groups in total. The molecule has 0 radical (unpaired) electrons. The highest BCUT2D eigenvalue weighted by Crippen LogP contribution is 2.42. The third kappa shape index (κ3) is 5.15. The molecule has 28 heavy (non-hydrogen) atoms. The molecule has 1 amide bonds. The first-order valence-corrected chi connectivity index (χ1v) is 10.7. The van der Waals surface area contributed by atoms with Crippen molar-refractivity contribution in [1.82, 2.24) is 5.32 Å². The molecule has 1 aromatic carbocycles. The van der Waals surface area contributed by atoms with Crippen LogP contribution in [0.3, 0.4) is 0 Å². The van der Waals surface area contributed by atoms with Gasteiger partial charge in [0.15, 0.2) is 5.76 Å². The fourth-order valence-corrected chi connectivity index (χ4v) is 4.23. The maximum Gasteiger partial charge on any atom is 0.286 e. The zero-order valence-electron chi connectivity index (χ0n) is 16.4. The molecule has 2 atom stereocenters. The predicted octanol–water partition coefficient (Wildman–Crippen LogP) is 3.80. The van der Waals surface area contributed by atoms with E-state index in [-0.39, 0.29) is 24.8 Å². The van der Waals surface area contributed by atoms with E-state index in [0.717, 1.165) is 30.4 Å². The van der Waals surface area contributed by atoms with Gasteiger partial charge in [-0.2, -0.15) is 0 Å². The molecule has 3 aliphatic rings. The third-order valence-corrected chi connectivity index (χ3v) is 6.12. The highest BCUT2D eigenvalue weighted by atomic mass is 16.7. The van der Waals surface area contributed by atoms with Gasteiger partial charge >= 0.3 is 0 Å². The molecular weight excluding hydrogens is 354 g/mol. The Morgan fingerprint density at radius 1 is 1.07 bits per heavy atom. The van der Waals surface area contributed by atoms with Gasteiger partial charge in [-0.15, -0.1) is 0 Å². The Hall–Kier alpha value is -1.85. The SMILES string of the molecule is O=C(NC1CCCCC1)C1=C[C@H](C2CC2)C[C@H](OCc2ccc(CO)cc2)O1. The smallest absolute Gasteiger partial charge is 0.286 e. The van der Waals surface area contributed by atoms with Gasteiger partial charge in [-0.25, -0.2) is 0 Å². The molecular formula is C23H31NO4. The second-order valence-electron chi connectivity index (χ2n) is 8.41. The summed E-state index contributed by atoms with van der Waals surface area (Å²) < 4.78 is 12.0. The molecule has 2 saturated carbocycles. The first kappa shape index (κ1) is 19.5. The molecule has 152 valence electrons. The molecule has 5 heteroatoms. The van der Waals surface area contributed by atoms with E-state index < -0.39 is 0 Å². The number of carbonyl (C=O) groups excluding carboxylic acids is 1. The summed E-state index contributed by atoms with van der Waals surface area (Å²) in [6.07, 6.45) is 10.7. The first-order valence-electron chi connectivity index (χ1n) is 10.7. The number of carbonyl (C=O) groups is 1. The first-order chi connectivity index (χ1) is 13.7. The molecule has 1 heterocycles. The van der Waals surface area contributed by atoms with Crippen LogP contribution in [0.2, 0.25) is 0 Å². The summed E-state index contributed by atoms with van der Waals surface area (Å²) in [5.41, 5.74) is 1.92. The molecule has 0 unspecified atom stereocenters. The van der Waals surface area contributed by atoms with Crippen molar-refractivity contribution in [3.8, 4) is 0 Å². The van der Waals surface area contributed by atoms with E-state index in [1.54, 1.807) is 0 Å². The summed E-state index contributed by atoms with van der Waals surface area (Å²) in [7, 11) is 0. The Bertz CT molecular complexity index is 689. The third-order valence-electron chi connectivity index (χ3n) is 6.12. The number of ether oxygens (including phenoxy) is 2. The number of hydrogen-bond donors (Lipinski definition) is 2. The van der Waals surface area contributed by atoms with E-state index in [4.69, 9.17) is 14.6 Å². The second-order valence-corrected chi connectivity index (χ2v) is 8.41. The maximum absolute atomic E-state index is 12.8. The Kier molecular flexibility index (Phi) is 6.33. The Labute approximate surface area is 167 Å². The van der Waals surface area contributed by atoms with E-state index in [1.807, 2.05) is 30.3 Å². The summed E-state index contributed by atoms with van der Waals surface area (Å²) >= 11 is 0. The van der Waals surface area contributed by atoms with Crippen molar-refractivity contribution in [1.29, 1.82) is 0 Å². The van der Waals surface area contributed by atoms with Crippen LogP contribution in [-0.2, 0) is 27.5 Å². The van der Waals surface area contributed by atoms with Crippen molar-refractivity contribution in [3.63, 3.8) is 0 Å². The number of rotatable bonds is 7. The lowest BCUT2D eigenvalue weighted by Gasteiger charge is -2.30. The van der Waals surface area contributed by atoms with Crippen molar-refractivity contribution in [2.45, 2.75) is 76.9 Å². The van der Waals surface area contributed by atoms with Crippen LogP contribution in [0.1, 0.15) is 62.5 Å². The topological polar surface area (TPSA) is 67.8 Å². The lowest BCUT2D eigenvalue weighted by Crippen LogP contribution is -2.40. The highest BCUT2D eigenvalue weighted by Gasteiger charge is 2.37. The van der Waals surface area contributed by atoms with E-state index in [0.29, 0.717) is 24.2 Å². The summed E-state index contributed by atoms with van der Waals surface area (Å²) in [5.74, 6) is 1.38. The van der Waals surface area contributed by atoms with E-state index in [1.165, 1.54) is 32.1 Å². The molecule has 0 spiro atoms. The minimum atomic E-state index is -0.389. The number of aliphatic hydroxyl groups is 1. The number of nitrogens with one attached hydrogen (secondary N) is 1. The molecule has 2 fully saturated rings. The van der Waals surface area contributed by atoms with Gasteiger partial charge in [0.1, 0.15) is 0 Å². The van der Waals surface area contributed by atoms with Crippen LogP contribution < -0.4 is 5.32 Å². The Morgan fingerprint density at radius 3 is 2.46 bits per heavy atom. The molecule has 0 aromatic heterocycles. The van der Waals surface area contributed by atoms with Crippen LogP contribution in [0.15, 0.2) is 36.1 Å². The number of amides is 1. The molecule has 2 aliphatic carbocycles. The zero-order valence-corrected chi connectivity index (χ0v) is 16.4. The van der Waals surface area contributed by atoms with Crippen LogP contribution in [0.25, 0.3) is 0 Å². The fourth-order valence-electron chi connectivity index (χ4n) is 4.23. The van der Waals surface area contributed by atoms with Crippen molar-refractivity contribution in [3.05, 3.63) is 47.2 Å². The summed E-state index contributed by atoms with van der Waals surface area (Å²) in [6.45, 7) is 0.478. The zero-order chi connectivity index (χ0) is 19.3. The highest BCUT2D eigenvalue weighted by molar-refractivity contribution is 5.91. The number of allylic oxidation sites excluding steroid dienone is 1. The summed E-state index contributed by atoms with van der Waals surface area (Å²) in [6, 6.07) is 7.99. The Balaban J connectivity index is 1.35. The van der Waals surface area contributed by atoms with Crippen LogP contribution >= 0.6 is 0 Å². The minimum Gasteiger partial charge on any atom is -0.459 e. The average molecular weight is 386 g/mol. The lowest BCUT2D eigenvalue weighted by atomic mass is 9.94. The van der Waals surface area contributed by atoms with Gasteiger partial charge in [0.05, 0.1) is 13.2 Å². The number of benzene rings is 1. The standard InChI is InChI=1S/C23H31NO4/c25-14-16-6-8-17(9-7-16)15-27-22-13-19(18-10-11-18)12-21(28-22)23(26)24-20-4-2-1-3-5-20/h6-9,12,18-20,22,25H,1-5,10-11,13-15H2,(H,24,26)/t19-,22+/m0/s1. The second kappa shape index (κ2) is 9.10. The Morgan fingerprint density at radius 2 is 1.79 bits per heavy atom. The maximum atomic E-state index is 12.8. The monoisotopic (exact) mass is 385 g/mol. The van der Waals surface area contributed by atoms with Crippen molar-refractivity contribution in [2.75, 3.05) is 0 Å².